The predicted octanol–water partition coefficient (Wildman–Crippen LogP) is 2.01. The van der Waals surface area contributed by atoms with E-state index in [1.807, 2.05) is 13.0 Å². The van der Waals surface area contributed by atoms with E-state index in [9.17, 15) is 14.0 Å². The summed E-state index contributed by atoms with van der Waals surface area (Å²) in [6, 6.07) is 11.1. The number of carbonyl (C=O) groups is 2. The van der Waals surface area contributed by atoms with Crippen LogP contribution < -0.4 is 16.4 Å². The summed E-state index contributed by atoms with van der Waals surface area (Å²) in [5.74, 6) is -1.83. The van der Waals surface area contributed by atoms with Crippen molar-refractivity contribution in [1.29, 1.82) is 0 Å². The molecule has 6 heteroatoms. The smallest absolute Gasteiger partial charge is 0.313 e. The Balaban J connectivity index is 1.84. The number of nitrogen functional groups attached to an aromatic ring is 1. The van der Waals surface area contributed by atoms with E-state index in [2.05, 4.69) is 10.6 Å². The highest BCUT2D eigenvalue weighted by Crippen LogP contribution is 2.19. The SMILES string of the molecule is Cc1ccc(N)c(NC(=O)C(=O)NCCc2ccc(F)cc2)c1. The number of rotatable bonds is 4. The Morgan fingerprint density at radius 3 is 2.48 bits per heavy atom. The standard InChI is InChI=1S/C17H18FN3O2/c1-11-2-7-14(19)15(10-11)21-17(23)16(22)20-9-8-12-3-5-13(18)6-4-12/h2-7,10H,8-9,19H2,1H3,(H,20,22)(H,21,23). The molecule has 0 bridgehead atoms. The molecule has 0 aromatic heterocycles. The first-order valence-corrected chi connectivity index (χ1v) is 7.15. The van der Waals surface area contributed by atoms with Crippen molar-refractivity contribution < 1.29 is 14.0 Å². The third-order valence-corrected chi connectivity index (χ3v) is 3.28. The van der Waals surface area contributed by atoms with E-state index < -0.39 is 11.8 Å². The summed E-state index contributed by atoms with van der Waals surface area (Å²) in [4.78, 5) is 23.6. The zero-order valence-corrected chi connectivity index (χ0v) is 12.7. The lowest BCUT2D eigenvalue weighted by molar-refractivity contribution is -0.136. The monoisotopic (exact) mass is 315 g/mol. The molecule has 0 aliphatic heterocycles. The Bertz CT molecular complexity index is 714. The van der Waals surface area contributed by atoms with Gasteiger partial charge in [-0.1, -0.05) is 18.2 Å². The third-order valence-electron chi connectivity index (χ3n) is 3.28. The molecule has 0 unspecified atom stereocenters. The Kier molecular flexibility index (Phi) is 5.30. The number of benzene rings is 2. The van der Waals surface area contributed by atoms with Gasteiger partial charge in [0.05, 0.1) is 11.4 Å². The lowest BCUT2D eigenvalue weighted by Crippen LogP contribution is -2.36. The molecular formula is C17H18FN3O2. The van der Waals surface area contributed by atoms with Crippen LogP contribution in [-0.4, -0.2) is 18.4 Å². The molecule has 0 fully saturated rings. The molecule has 2 aromatic rings. The summed E-state index contributed by atoms with van der Waals surface area (Å²) in [5.41, 5.74) is 8.34. The van der Waals surface area contributed by atoms with Gasteiger partial charge in [-0.25, -0.2) is 4.39 Å². The van der Waals surface area contributed by atoms with Crippen LogP contribution in [0.2, 0.25) is 0 Å². The molecule has 0 atom stereocenters. The second kappa shape index (κ2) is 7.40. The molecule has 4 N–H and O–H groups in total. The lowest BCUT2D eigenvalue weighted by atomic mass is 10.1. The van der Waals surface area contributed by atoms with Gasteiger partial charge in [-0.05, 0) is 48.7 Å². The molecular weight excluding hydrogens is 297 g/mol. The van der Waals surface area contributed by atoms with Gasteiger partial charge in [-0.3, -0.25) is 9.59 Å². The first kappa shape index (κ1) is 16.5. The third kappa shape index (κ3) is 4.81. The van der Waals surface area contributed by atoms with Crippen molar-refractivity contribution in [3.63, 3.8) is 0 Å². The maximum absolute atomic E-state index is 12.8. The van der Waals surface area contributed by atoms with Crippen LogP contribution in [0.5, 0.6) is 0 Å². The zero-order chi connectivity index (χ0) is 16.8. The summed E-state index contributed by atoms with van der Waals surface area (Å²) >= 11 is 0. The van der Waals surface area contributed by atoms with E-state index in [0.717, 1.165) is 11.1 Å². The van der Waals surface area contributed by atoms with Crippen molar-refractivity contribution in [3.8, 4) is 0 Å². The fourth-order valence-corrected chi connectivity index (χ4v) is 2.01. The van der Waals surface area contributed by atoms with Crippen LogP contribution in [0, 0.1) is 12.7 Å². The zero-order valence-electron chi connectivity index (χ0n) is 12.7. The van der Waals surface area contributed by atoms with Crippen molar-refractivity contribution in [1.82, 2.24) is 5.32 Å². The largest absolute Gasteiger partial charge is 0.397 e. The summed E-state index contributed by atoms with van der Waals surface area (Å²) in [7, 11) is 0. The quantitative estimate of drug-likeness (QED) is 0.596. The maximum Gasteiger partial charge on any atom is 0.313 e. The number of halogens is 1. The highest BCUT2D eigenvalue weighted by Gasteiger charge is 2.14. The number of nitrogens with one attached hydrogen (secondary N) is 2. The Labute approximate surface area is 133 Å². The van der Waals surface area contributed by atoms with Crippen LogP contribution in [0.15, 0.2) is 42.5 Å². The lowest BCUT2D eigenvalue weighted by Gasteiger charge is -2.09. The van der Waals surface area contributed by atoms with Gasteiger partial charge in [0, 0.05) is 6.54 Å². The molecule has 0 saturated heterocycles. The fraction of sp³-hybridized carbons (Fsp3) is 0.176. The Morgan fingerprint density at radius 2 is 1.78 bits per heavy atom. The van der Waals surface area contributed by atoms with E-state index in [1.165, 1.54) is 12.1 Å². The Hall–Kier alpha value is -2.89. The normalized spacial score (nSPS) is 10.2. The van der Waals surface area contributed by atoms with Crippen molar-refractivity contribution in [2.24, 2.45) is 0 Å². The molecule has 2 aromatic carbocycles. The van der Waals surface area contributed by atoms with Crippen LogP contribution >= 0.6 is 0 Å². The number of amides is 2. The van der Waals surface area contributed by atoms with Gasteiger partial charge in [0.1, 0.15) is 5.82 Å². The molecule has 5 nitrogen and oxygen atoms in total. The van der Waals surface area contributed by atoms with Gasteiger partial charge in [-0.2, -0.15) is 0 Å². The average Bonchev–Trinajstić information content (AvgIpc) is 2.52. The molecule has 120 valence electrons. The summed E-state index contributed by atoms with van der Waals surface area (Å²) < 4.78 is 12.8. The molecule has 0 radical (unpaired) electrons. The Morgan fingerprint density at radius 1 is 1.09 bits per heavy atom. The minimum absolute atomic E-state index is 0.279. The van der Waals surface area contributed by atoms with Crippen molar-refractivity contribution in [3.05, 3.63) is 59.4 Å². The number of carbonyl (C=O) groups excluding carboxylic acids is 2. The molecule has 0 aliphatic carbocycles. The average molecular weight is 315 g/mol. The van der Waals surface area contributed by atoms with E-state index in [1.54, 1.807) is 24.3 Å². The number of anilines is 2. The molecule has 23 heavy (non-hydrogen) atoms. The molecule has 0 aliphatic rings. The molecule has 0 heterocycles. The van der Waals surface area contributed by atoms with Crippen LogP contribution in [-0.2, 0) is 16.0 Å². The minimum atomic E-state index is -0.776. The van der Waals surface area contributed by atoms with Gasteiger partial charge >= 0.3 is 11.8 Å². The van der Waals surface area contributed by atoms with E-state index >= 15 is 0 Å². The first-order chi connectivity index (χ1) is 11.0. The van der Waals surface area contributed by atoms with Gasteiger partial charge in [0.25, 0.3) is 0 Å². The van der Waals surface area contributed by atoms with Crippen LogP contribution in [0.1, 0.15) is 11.1 Å². The van der Waals surface area contributed by atoms with Crippen LogP contribution in [0.25, 0.3) is 0 Å². The second-order valence-corrected chi connectivity index (χ2v) is 5.18. The van der Waals surface area contributed by atoms with Crippen molar-refractivity contribution >= 4 is 23.2 Å². The van der Waals surface area contributed by atoms with E-state index in [-0.39, 0.29) is 12.4 Å². The highest BCUT2D eigenvalue weighted by atomic mass is 19.1. The topological polar surface area (TPSA) is 84.2 Å². The minimum Gasteiger partial charge on any atom is -0.397 e. The number of hydrogen-bond donors (Lipinski definition) is 3. The first-order valence-electron chi connectivity index (χ1n) is 7.15. The number of aryl methyl sites for hydroxylation is 1. The summed E-state index contributed by atoms with van der Waals surface area (Å²) in [6.07, 6.45) is 0.506. The van der Waals surface area contributed by atoms with E-state index in [0.29, 0.717) is 17.8 Å². The van der Waals surface area contributed by atoms with Crippen molar-refractivity contribution in [2.45, 2.75) is 13.3 Å². The van der Waals surface area contributed by atoms with Crippen molar-refractivity contribution in [2.75, 3.05) is 17.6 Å². The van der Waals surface area contributed by atoms with Gasteiger partial charge in [0.2, 0.25) is 0 Å². The number of hydrogen-bond acceptors (Lipinski definition) is 3. The molecule has 0 saturated carbocycles. The summed E-state index contributed by atoms with van der Waals surface area (Å²) in [6.45, 7) is 2.14. The number of nitrogens with two attached hydrogens (primary N) is 1. The van der Waals surface area contributed by atoms with E-state index in [4.69, 9.17) is 5.73 Å². The van der Waals surface area contributed by atoms with Gasteiger partial charge < -0.3 is 16.4 Å². The molecule has 0 spiro atoms. The predicted molar refractivity (Wildman–Crippen MR) is 87.3 cm³/mol. The highest BCUT2D eigenvalue weighted by molar-refractivity contribution is 6.39. The van der Waals surface area contributed by atoms with Gasteiger partial charge in [0.15, 0.2) is 0 Å². The summed E-state index contributed by atoms with van der Waals surface area (Å²) in [5, 5.41) is 5.00. The van der Waals surface area contributed by atoms with Crippen LogP contribution in [0.3, 0.4) is 0 Å². The molecule has 2 amide bonds. The second-order valence-electron chi connectivity index (χ2n) is 5.18. The maximum atomic E-state index is 12.8. The van der Waals surface area contributed by atoms with Crippen LogP contribution in [0.4, 0.5) is 15.8 Å². The fourth-order valence-electron chi connectivity index (χ4n) is 2.01. The van der Waals surface area contributed by atoms with Gasteiger partial charge in [-0.15, -0.1) is 0 Å². The molecule has 2 rings (SSSR count).